The van der Waals surface area contributed by atoms with Gasteiger partial charge in [-0.05, 0) is 29.2 Å². The Hall–Kier alpha value is -3.02. The van der Waals surface area contributed by atoms with E-state index in [1.165, 1.54) is 0 Å². The first-order valence-corrected chi connectivity index (χ1v) is 9.91. The zero-order valence-electron chi connectivity index (χ0n) is 17.2. The van der Waals surface area contributed by atoms with E-state index in [-0.39, 0.29) is 24.2 Å². The van der Waals surface area contributed by atoms with Gasteiger partial charge in [0.25, 0.3) is 0 Å². The molecule has 29 heavy (non-hydrogen) atoms. The number of benzene rings is 2. The fourth-order valence-corrected chi connectivity index (χ4v) is 3.29. The minimum atomic E-state index is -0.576. The molecule has 154 valence electrons. The van der Waals surface area contributed by atoms with Crippen LogP contribution in [0.1, 0.15) is 25.0 Å². The number of likely N-dealkylation sites (N-methyl/N-ethyl adjacent to an activating group) is 1. The van der Waals surface area contributed by atoms with E-state index >= 15 is 0 Å². The number of hydrogen-bond acceptors (Lipinski definition) is 4. The molecule has 0 fully saturated rings. The first-order valence-electron chi connectivity index (χ1n) is 9.91. The number of hydrogen-bond donors (Lipinski definition) is 1. The lowest BCUT2D eigenvalue weighted by molar-refractivity contribution is -0.136. The Morgan fingerprint density at radius 1 is 1.00 bits per heavy atom. The number of carbonyl (C=O) groups is 2. The van der Waals surface area contributed by atoms with Crippen LogP contribution in [0.3, 0.4) is 0 Å². The fourth-order valence-electron chi connectivity index (χ4n) is 3.29. The molecule has 6 heteroatoms. The van der Waals surface area contributed by atoms with Gasteiger partial charge in [0.05, 0.1) is 6.42 Å². The van der Waals surface area contributed by atoms with Crippen LogP contribution in [0, 0.1) is 5.92 Å². The van der Waals surface area contributed by atoms with Crippen molar-refractivity contribution in [3.05, 3.63) is 59.7 Å². The number of rotatable bonds is 7. The highest BCUT2D eigenvalue weighted by Crippen LogP contribution is 2.31. The Balaban J connectivity index is 1.62. The van der Waals surface area contributed by atoms with Crippen LogP contribution in [0.2, 0.25) is 0 Å². The van der Waals surface area contributed by atoms with Gasteiger partial charge in [-0.2, -0.15) is 0 Å². The molecule has 0 saturated heterocycles. The highest BCUT2D eigenvalue weighted by Gasteiger charge is 2.27. The molecular weight excluding hydrogens is 368 g/mol. The summed E-state index contributed by atoms with van der Waals surface area (Å²) in [5.41, 5.74) is 1.87. The van der Waals surface area contributed by atoms with Crippen molar-refractivity contribution in [3.63, 3.8) is 0 Å². The van der Waals surface area contributed by atoms with Crippen LogP contribution in [-0.4, -0.2) is 43.0 Å². The molecule has 2 amide bonds. The largest absolute Gasteiger partial charge is 0.486 e. The van der Waals surface area contributed by atoms with Gasteiger partial charge in [-0.25, -0.2) is 0 Å². The number of fused-ring (bicyclic) bond motifs is 1. The summed E-state index contributed by atoms with van der Waals surface area (Å²) >= 11 is 0. The molecule has 1 heterocycles. The first-order chi connectivity index (χ1) is 13.9. The maximum absolute atomic E-state index is 13.0. The smallest absolute Gasteiger partial charge is 0.245 e. The van der Waals surface area contributed by atoms with Crippen LogP contribution in [-0.2, 0) is 22.6 Å². The van der Waals surface area contributed by atoms with Crippen molar-refractivity contribution >= 4 is 11.8 Å². The number of amides is 2. The Bertz CT molecular complexity index is 851. The van der Waals surface area contributed by atoms with Crippen molar-refractivity contribution in [3.8, 4) is 11.5 Å². The van der Waals surface area contributed by atoms with E-state index in [0.29, 0.717) is 25.5 Å². The van der Waals surface area contributed by atoms with Crippen LogP contribution in [0.5, 0.6) is 11.5 Å². The summed E-state index contributed by atoms with van der Waals surface area (Å²) in [4.78, 5) is 27.1. The van der Waals surface area contributed by atoms with Gasteiger partial charge in [0.2, 0.25) is 11.8 Å². The van der Waals surface area contributed by atoms with Crippen molar-refractivity contribution in [2.75, 3.05) is 20.3 Å². The van der Waals surface area contributed by atoms with E-state index < -0.39 is 6.04 Å². The molecule has 2 aromatic carbocycles. The van der Waals surface area contributed by atoms with Gasteiger partial charge in [0, 0.05) is 13.6 Å². The number of nitrogens with zero attached hydrogens (tertiary/aromatic N) is 1. The van der Waals surface area contributed by atoms with Crippen LogP contribution >= 0.6 is 0 Å². The third-order valence-corrected chi connectivity index (χ3v) is 4.86. The highest BCUT2D eigenvalue weighted by atomic mass is 16.6. The van der Waals surface area contributed by atoms with Crippen LogP contribution in [0.25, 0.3) is 0 Å². The Morgan fingerprint density at radius 3 is 2.38 bits per heavy atom. The normalized spacial score (nSPS) is 13.7. The Morgan fingerprint density at radius 2 is 1.69 bits per heavy atom. The van der Waals surface area contributed by atoms with Gasteiger partial charge in [-0.15, -0.1) is 0 Å². The summed E-state index contributed by atoms with van der Waals surface area (Å²) in [5.74, 6) is 1.13. The zero-order valence-corrected chi connectivity index (χ0v) is 17.2. The molecule has 0 bridgehead atoms. The molecule has 2 aromatic rings. The van der Waals surface area contributed by atoms with Gasteiger partial charge in [-0.3, -0.25) is 9.59 Å². The summed E-state index contributed by atoms with van der Waals surface area (Å²) in [5, 5.41) is 2.91. The average Bonchev–Trinajstić information content (AvgIpc) is 2.72. The standard InChI is InChI=1S/C23H28N2O4/c1-16(2)22(24-21(26)14-17-7-5-4-6-8-17)23(27)25(3)15-18-9-10-19-20(13-18)29-12-11-28-19/h4-10,13,16,22H,11-12,14-15H2,1-3H3,(H,24,26). The van der Waals surface area contributed by atoms with Crippen molar-refractivity contribution in [1.82, 2.24) is 10.2 Å². The van der Waals surface area contributed by atoms with Gasteiger partial charge in [0.15, 0.2) is 11.5 Å². The maximum Gasteiger partial charge on any atom is 0.245 e. The van der Waals surface area contributed by atoms with Crippen molar-refractivity contribution in [2.24, 2.45) is 5.92 Å². The summed E-state index contributed by atoms with van der Waals surface area (Å²) in [6.45, 7) is 5.36. The Labute approximate surface area is 171 Å². The fraction of sp³-hybridized carbons (Fsp3) is 0.391. The van der Waals surface area contributed by atoms with Crippen LogP contribution in [0.15, 0.2) is 48.5 Å². The first kappa shape index (κ1) is 20.7. The molecule has 1 atom stereocenters. The second kappa shape index (κ2) is 9.45. The number of ether oxygens (including phenoxy) is 2. The molecule has 0 radical (unpaired) electrons. The highest BCUT2D eigenvalue weighted by molar-refractivity contribution is 5.88. The predicted molar refractivity (Wildman–Crippen MR) is 111 cm³/mol. The van der Waals surface area contributed by atoms with E-state index in [1.807, 2.05) is 62.4 Å². The van der Waals surface area contributed by atoms with Gasteiger partial charge >= 0.3 is 0 Å². The molecule has 6 nitrogen and oxygen atoms in total. The topological polar surface area (TPSA) is 67.9 Å². The molecule has 1 aliphatic heterocycles. The van der Waals surface area contributed by atoms with E-state index in [2.05, 4.69) is 5.32 Å². The van der Waals surface area contributed by atoms with Crippen molar-refractivity contribution in [1.29, 1.82) is 0 Å². The molecule has 3 rings (SSSR count). The zero-order chi connectivity index (χ0) is 20.8. The van der Waals surface area contributed by atoms with Gasteiger partial charge in [-0.1, -0.05) is 50.2 Å². The second-order valence-electron chi connectivity index (χ2n) is 7.62. The van der Waals surface area contributed by atoms with Crippen LogP contribution < -0.4 is 14.8 Å². The summed E-state index contributed by atoms with van der Waals surface area (Å²) in [6, 6.07) is 14.6. The number of carbonyl (C=O) groups excluding carboxylic acids is 2. The van der Waals surface area contributed by atoms with E-state index in [4.69, 9.17) is 9.47 Å². The molecule has 0 aromatic heterocycles. The Kier molecular flexibility index (Phi) is 6.75. The summed E-state index contributed by atoms with van der Waals surface area (Å²) < 4.78 is 11.2. The predicted octanol–water partition coefficient (Wildman–Crippen LogP) is 2.80. The molecule has 0 saturated carbocycles. The van der Waals surface area contributed by atoms with E-state index in [9.17, 15) is 9.59 Å². The van der Waals surface area contributed by atoms with Gasteiger partial charge < -0.3 is 19.7 Å². The molecule has 1 aliphatic rings. The lowest BCUT2D eigenvalue weighted by Gasteiger charge is -2.27. The van der Waals surface area contributed by atoms with E-state index in [0.717, 1.165) is 16.9 Å². The minimum Gasteiger partial charge on any atom is -0.486 e. The monoisotopic (exact) mass is 396 g/mol. The SMILES string of the molecule is CC(C)C(NC(=O)Cc1ccccc1)C(=O)N(C)Cc1ccc2c(c1)OCCO2. The second-order valence-corrected chi connectivity index (χ2v) is 7.62. The lowest BCUT2D eigenvalue weighted by atomic mass is 10.0. The van der Waals surface area contributed by atoms with Crippen molar-refractivity contribution < 1.29 is 19.1 Å². The van der Waals surface area contributed by atoms with Gasteiger partial charge in [0.1, 0.15) is 19.3 Å². The molecule has 1 N–H and O–H groups in total. The minimum absolute atomic E-state index is 0.0232. The quantitative estimate of drug-likeness (QED) is 0.782. The third kappa shape index (κ3) is 5.50. The molecular formula is C23H28N2O4. The summed E-state index contributed by atoms with van der Waals surface area (Å²) in [6.07, 6.45) is 0.253. The molecule has 1 unspecified atom stereocenters. The number of nitrogens with one attached hydrogen (secondary N) is 1. The van der Waals surface area contributed by atoms with Crippen LogP contribution in [0.4, 0.5) is 0 Å². The average molecular weight is 396 g/mol. The van der Waals surface area contributed by atoms with Crippen molar-refractivity contribution in [2.45, 2.75) is 32.9 Å². The maximum atomic E-state index is 13.0. The molecule has 0 spiro atoms. The third-order valence-electron chi connectivity index (χ3n) is 4.86. The molecule has 0 aliphatic carbocycles. The van der Waals surface area contributed by atoms with E-state index in [1.54, 1.807) is 11.9 Å². The summed E-state index contributed by atoms with van der Waals surface area (Å²) in [7, 11) is 1.75. The lowest BCUT2D eigenvalue weighted by Crippen LogP contribution is -2.50.